The van der Waals surface area contributed by atoms with Crippen LogP contribution in [0.3, 0.4) is 0 Å². The van der Waals surface area contributed by atoms with Crippen molar-refractivity contribution in [1.82, 2.24) is 0 Å². The van der Waals surface area contributed by atoms with Crippen LogP contribution in [0.4, 0.5) is 10.0 Å². The van der Waals surface area contributed by atoms with Gasteiger partial charge in [-0.3, -0.25) is 4.79 Å². The van der Waals surface area contributed by atoms with Gasteiger partial charge < -0.3 is 29.7 Å². The quantitative estimate of drug-likeness (QED) is 0.385. The van der Waals surface area contributed by atoms with Gasteiger partial charge in [-0.05, 0) is 30.7 Å². The van der Waals surface area contributed by atoms with E-state index in [9.17, 15) is 19.2 Å². The van der Waals surface area contributed by atoms with E-state index in [1.807, 2.05) is 0 Å². The summed E-state index contributed by atoms with van der Waals surface area (Å²) in [7, 11) is 2.35. The number of nitrogens with two attached hydrogens (primary N) is 1. The van der Waals surface area contributed by atoms with Crippen LogP contribution in [0.5, 0.6) is 0 Å². The van der Waals surface area contributed by atoms with Crippen LogP contribution < -0.4 is 11.1 Å². The van der Waals surface area contributed by atoms with Crippen molar-refractivity contribution < 1.29 is 37.8 Å². The fraction of sp³-hybridized carbons (Fsp3) is 0.200. The van der Waals surface area contributed by atoms with Gasteiger partial charge in [0.2, 0.25) is 0 Å². The highest BCUT2D eigenvalue weighted by molar-refractivity contribution is 7.18. The number of anilines is 2. The number of ether oxygens (including phenoxy) is 3. The average Bonchev–Trinajstić information content (AvgIpc) is 3.50. The summed E-state index contributed by atoms with van der Waals surface area (Å²) in [4.78, 5) is 49.3. The second-order valence-corrected chi connectivity index (χ2v) is 8.37. The lowest BCUT2D eigenvalue weighted by atomic mass is 10.1. The van der Waals surface area contributed by atoms with Crippen LogP contribution >= 0.6 is 22.7 Å². The summed E-state index contributed by atoms with van der Waals surface area (Å²) in [6.45, 7) is 1.27. The Bertz CT molecular complexity index is 1180. The number of nitrogen functional groups attached to an aromatic ring is 1. The number of aryl methyl sites for hydroxylation is 1. The number of nitrogens with one attached hydrogen (secondary N) is 1. The zero-order valence-electron chi connectivity index (χ0n) is 17.2. The minimum Gasteiger partial charge on any atom is -0.465 e. The molecule has 12 heteroatoms. The normalized spacial score (nSPS) is 10.5. The fourth-order valence-electron chi connectivity index (χ4n) is 2.74. The lowest BCUT2D eigenvalue weighted by Gasteiger charge is -2.07. The highest BCUT2D eigenvalue weighted by Crippen LogP contribution is 2.34. The molecule has 0 aliphatic carbocycles. The molecule has 10 nitrogen and oxygen atoms in total. The van der Waals surface area contributed by atoms with Gasteiger partial charge in [-0.15, -0.1) is 22.7 Å². The lowest BCUT2D eigenvalue weighted by Crippen LogP contribution is -2.12. The van der Waals surface area contributed by atoms with E-state index in [-0.39, 0.29) is 31.6 Å². The van der Waals surface area contributed by atoms with Crippen molar-refractivity contribution in [3.8, 4) is 0 Å². The van der Waals surface area contributed by atoms with Gasteiger partial charge in [0.1, 0.15) is 26.9 Å². The summed E-state index contributed by atoms with van der Waals surface area (Å²) >= 11 is 1.84. The largest absolute Gasteiger partial charge is 0.465 e. The lowest BCUT2D eigenvalue weighted by molar-refractivity contribution is 0.0457. The van der Waals surface area contributed by atoms with Gasteiger partial charge in [0, 0.05) is 5.56 Å². The third kappa shape index (κ3) is 4.65. The topological polar surface area (TPSA) is 147 Å². The van der Waals surface area contributed by atoms with Crippen molar-refractivity contribution in [1.29, 1.82) is 0 Å². The molecule has 0 aliphatic rings. The standard InChI is InChI=1S/C20H18N2O8S2/c1-9-7-12(22-17(23)11-5-4-6-29-11)31-14(9)20(26)30-8-10-13(18(24)27-2)16(21)32-15(10)19(25)28-3/h4-7H,8,21H2,1-3H3,(H,22,23). The molecule has 0 unspecified atom stereocenters. The maximum Gasteiger partial charge on any atom is 0.348 e. The molecule has 3 aromatic heterocycles. The van der Waals surface area contributed by atoms with Crippen LogP contribution in [0, 0.1) is 6.92 Å². The number of furan rings is 1. The number of amides is 1. The predicted octanol–water partition coefficient (Wildman–Crippen LogP) is 3.48. The van der Waals surface area contributed by atoms with Crippen molar-refractivity contribution in [2.75, 3.05) is 25.3 Å². The molecule has 3 rings (SSSR count). The molecule has 3 aromatic rings. The van der Waals surface area contributed by atoms with E-state index in [2.05, 4.69) is 5.32 Å². The molecular weight excluding hydrogens is 460 g/mol. The van der Waals surface area contributed by atoms with Crippen LogP contribution in [-0.2, 0) is 20.8 Å². The van der Waals surface area contributed by atoms with Gasteiger partial charge in [-0.1, -0.05) is 0 Å². The molecule has 0 saturated carbocycles. The summed E-state index contributed by atoms with van der Waals surface area (Å²) in [5, 5.41) is 3.10. The third-order valence-corrected chi connectivity index (χ3v) is 6.40. The maximum absolute atomic E-state index is 12.7. The summed E-state index contributed by atoms with van der Waals surface area (Å²) in [5.74, 6) is -2.54. The minimum atomic E-state index is -0.768. The summed E-state index contributed by atoms with van der Waals surface area (Å²) in [5.41, 5.74) is 6.48. The molecule has 0 aliphatic heterocycles. The van der Waals surface area contributed by atoms with E-state index in [1.165, 1.54) is 26.5 Å². The first-order valence-corrected chi connectivity index (χ1v) is 10.6. The van der Waals surface area contributed by atoms with Gasteiger partial charge in [0.25, 0.3) is 5.91 Å². The Labute approximate surface area is 189 Å². The van der Waals surface area contributed by atoms with E-state index in [1.54, 1.807) is 19.1 Å². The number of carbonyl (C=O) groups is 4. The van der Waals surface area contributed by atoms with E-state index in [4.69, 9.17) is 24.4 Å². The molecule has 0 bridgehead atoms. The molecule has 168 valence electrons. The molecule has 0 saturated heterocycles. The van der Waals surface area contributed by atoms with Gasteiger partial charge in [-0.25, -0.2) is 14.4 Å². The minimum absolute atomic E-state index is 0.0347. The Morgan fingerprint density at radius 1 is 1.06 bits per heavy atom. The van der Waals surface area contributed by atoms with Crippen LogP contribution in [-0.4, -0.2) is 38.0 Å². The zero-order valence-corrected chi connectivity index (χ0v) is 18.8. The van der Waals surface area contributed by atoms with Crippen molar-refractivity contribution in [2.24, 2.45) is 0 Å². The van der Waals surface area contributed by atoms with Gasteiger partial charge in [0.15, 0.2) is 5.76 Å². The van der Waals surface area contributed by atoms with Gasteiger partial charge >= 0.3 is 17.9 Å². The van der Waals surface area contributed by atoms with E-state index >= 15 is 0 Å². The Balaban J connectivity index is 1.79. The second-order valence-electron chi connectivity index (χ2n) is 6.26. The third-order valence-electron chi connectivity index (χ3n) is 4.23. The molecule has 0 atom stereocenters. The molecule has 32 heavy (non-hydrogen) atoms. The highest BCUT2D eigenvalue weighted by Gasteiger charge is 2.28. The molecule has 0 radical (unpaired) electrons. The summed E-state index contributed by atoms with van der Waals surface area (Å²) in [6, 6.07) is 4.71. The Kier molecular flexibility index (Phi) is 6.95. The molecule has 3 N–H and O–H groups in total. The Morgan fingerprint density at radius 2 is 1.78 bits per heavy atom. The number of carbonyl (C=O) groups excluding carboxylic acids is 4. The number of hydrogen-bond acceptors (Lipinski definition) is 11. The monoisotopic (exact) mass is 478 g/mol. The second kappa shape index (κ2) is 9.66. The SMILES string of the molecule is COC(=O)c1sc(N)c(C(=O)OC)c1COC(=O)c1sc(NC(=O)c2ccco2)cc1C. The van der Waals surface area contributed by atoms with Gasteiger partial charge in [-0.2, -0.15) is 0 Å². The maximum atomic E-state index is 12.7. The molecule has 3 heterocycles. The average molecular weight is 479 g/mol. The fourth-order valence-corrected chi connectivity index (χ4v) is 4.68. The number of rotatable bonds is 7. The first-order chi connectivity index (χ1) is 15.3. The van der Waals surface area contributed by atoms with Crippen molar-refractivity contribution >= 4 is 56.5 Å². The number of thiophene rings is 2. The van der Waals surface area contributed by atoms with E-state index in [0.29, 0.717) is 10.6 Å². The molecule has 0 fully saturated rings. The number of hydrogen-bond donors (Lipinski definition) is 2. The highest BCUT2D eigenvalue weighted by atomic mass is 32.1. The van der Waals surface area contributed by atoms with Crippen molar-refractivity contribution in [3.05, 3.63) is 56.7 Å². The smallest absolute Gasteiger partial charge is 0.348 e. The van der Waals surface area contributed by atoms with Crippen LogP contribution in [0.25, 0.3) is 0 Å². The van der Waals surface area contributed by atoms with Crippen molar-refractivity contribution in [3.63, 3.8) is 0 Å². The predicted molar refractivity (Wildman–Crippen MR) is 116 cm³/mol. The number of esters is 3. The Hall–Kier alpha value is -3.64. The molecular formula is C20H18N2O8S2. The van der Waals surface area contributed by atoms with Crippen molar-refractivity contribution in [2.45, 2.75) is 13.5 Å². The Morgan fingerprint density at radius 3 is 2.41 bits per heavy atom. The zero-order chi connectivity index (χ0) is 23.4. The van der Waals surface area contributed by atoms with Crippen LogP contribution in [0.2, 0.25) is 0 Å². The molecule has 0 aromatic carbocycles. The first kappa shape index (κ1) is 23.0. The molecule has 1 amide bonds. The first-order valence-electron chi connectivity index (χ1n) is 8.97. The van der Waals surface area contributed by atoms with E-state index < -0.39 is 30.4 Å². The van der Waals surface area contributed by atoms with Crippen LogP contribution in [0.1, 0.15) is 51.4 Å². The van der Waals surface area contributed by atoms with Gasteiger partial charge in [0.05, 0.1) is 25.5 Å². The molecule has 0 spiro atoms. The van der Waals surface area contributed by atoms with Crippen LogP contribution in [0.15, 0.2) is 28.9 Å². The summed E-state index contributed by atoms with van der Waals surface area (Å²) in [6.07, 6.45) is 1.37. The summed E-state index contributed by atoms with van der Waals surface area (Å²) < 4.78 is 19.8. The number of methoxy groups -OCH3 is 2. The van der Waals surface area contributed by atoms with E-state index in [0.717, 1.165) is 22.7 Å².